The van der Waals surface area contributed by atoms with Crippen molar-refractivity contribution in [3.05, 3.63) is 71.4 Å². The van der Waals surface area contributed by atoms with E-state index in [0.29, 0.717) is 5.92 Å². The third kappa shape index (κ3) is 2.71. The average Bonchev–Trinajstić information content (AvgIpc) is 3.00. The highest BCUT2D eigenvalue weighted by atomic mass is 16.2. The zero-order valence-electron chi connectivity index (χ0n) is 15.4. The molecular formula is C22H23N3O. The number of benzene rings is 2. The molecule has 1 saturated heterocycles. The van der Waals surface area contributed by atoms with Gasteiger partial charge < -0.3 is 4.90 Å². The summed E-state index contributed by atoms with van der Waals surface area (Å²) < 4.78 is 2.01. The fourth-order valence-electron chi connectivity index (χ4n) is 3.43. The minimum atomic E-state index is 0.146. The van der Waals surface area contributed by atoms with Crippen LogP contribution >= 0.6 is 0 Å². The second-order valence-electron chi connectivity index (χ2n) is 7.18. The summed E-state index contributed by atoms with van der Waals surface area (Å²) in [6.45, 7) is 7.35. The molecule has 1 amide bonds. The molecular weight excluding hydrogens is 322 g/mol. The van der Waals surface area contributed by atoms with E-state index < -0.39 is 0 Å². The van der Waals surface area contributed by atoms with Crippen molar-refractivity contribution in [3.8, 4) is 5.69 Å². The Kier molecular flexibility index (Phi) is 4.11. The Hall–Kier alpha value is -2.88. The van der Waals surface area contributed by atoms with Gasteiger partial charge in [-0.3, -0.25) is 4.79 Å². The Balaban J connectivity index is 1.65. The molecule has 0 radical (unpaired) electrons. The summed E-state index contributed by atoms with van der Waals surface area (Å²) >= 11 is 0. The van der Waals surface area contributed by atoms with Crippen molar-refractivity contribution >= 4 is 16.8 Å². The summed E-state index contributed by atoms with van der Waals surface area (Å²) in [6, 6.07) is 18.5. The van der Waals surface area contributed by atoms with Crippen molar-refractivity contribution in [1.82, 2.24) is 14.7 Å². The maximum atomic E-state index is 12.5. The number of hydrogen-bond acceptors (Lipinski definition) is 2. The third-order valence-electron chi connectivity index (χ3n) is 5.24. The van der Waals surface area contributed by atoms with Crippen LogP contribution in [0.4, 0.5) is 0 Å². The summed E-state index contributed by atoms with van der Waals surface area (Å²) in [5, 5.41) is 6.10. The van der Waals surface area contributed by atoms with E-state index in [-0.39, 0.29) is 5.91 Å². The van der Waals surface area contributed by atoms with Gasteiger partial charge in [-0.1, -0.05) is 42.0 Å². The number of aromatic nitrogens is 2. The minimum Gasteiger partial charge on any atom is -0.337 e. The smallest absolute Gasteiger partial charge is 0.249 e. The predicted octanol–water partition coefficient (Wildman–Crippen LogP) is 4.31. The Morgan fingerprint density at radius 2 is 1.62 bits per heavy atom. The molecule has 0 unspecified atom stereocenters. The Morgan fingerprint density at radius 3 is 2.31 bits per heavy atom. The van der Waals surface area contributed by atoms with Crippen LogP contribution in [-0.4, -0.2) is 33.7 Å². The van der Waals surface area contributed by atoms with Crippen LogP contribution in [0.1, 0.15) is 32.4 Å². The van der Waals surface area contributed by atoms with Crippen LogP contribution in [0, 0.1) is 0 Å². The number of rotatable bonds is 3. The molecule has 0 saturated carbocycles. The van der Waals surface area contributed by atoms with Crippen LogP contribution in [0.25, 0.3) is 16.6 Å². The highest BCUT2D eigenvalue weighted by Crippen LogP contribution is 2.33. The molecule has 4 nitrogen and oxygen atoms in total. The number of allylic oxidation sites excluding steroid dienone is 1. The molecule has 0 atom stereocenters. The molecule has 0 bridgehead atoms. The topological polar surface area (TPSA) is 38.1 Å². The fraction of sp³-hybridized carbons (Fsp3) is 0.273. The van der Waals surface area contributed by atoms with Gasteiger partial charge in [-0.25, -0.2) is 4.68 Å². The van der Waals surface area contributed by atoms with Crippen molar-refractivity contribution in [1.29, 1.82) is 0 Å². The van der Waals surface area contributed by atoms with E-state index in [4.69, 9.17) is 5.10 Å². The number of likely N-dealkylation sites (tertiary alicyclic amines) is 1. The Bertz CT molecular complexity index is 991. The van der Waals surface area contributed by atoms with E-state index in [2.05, 4.69) is 30.3 Å². The van der Waals surface area contributed by atoms with Gasteiger partial charge in [-0.05, 0) is 39.0 Å². The molecule has 132 valence electrons. The molecule has 26 heavy (non-hydrogen) atoms. The van der Waals surface area contributed by atoms with Gasteiger partial charge in [-0.15, -0.1) is 0 Å². The largest absolute Gasteiger partial charge is 0.337 e. The van der Waals surface area contributed by atoms with E-state index in [1.807, 2.05) is 54.6 Å². The Labute approximate surface area is 153 Å². The van der Waals surface area contributed by atoms with Crippen molar-refractivity contribution in [2.75, 3.05) is 13.1 Å². The Morgan fingerprint density at radius 1 is 0.962 bits per heavy atom. The SMILES string of the molecule is CC(C)=C(C)C(=O)N1CC(c2nn(-c3ccccc3)c3ccccc23)C1. The van der Waals surface area contributed by atoms with Crippen molar-refractivity contribution in [2.45, 2.75) is 26.7 Å². The first kappa shape index (κ1) is 16.6. The summed E-state index contributed by atoms with van der Waals surface area (Å²) in [7, 11) is 0. The van der Waals surface area contributed by atoms with Crippen LogP contribution in [-0.2, 0) is 4.79 Å². The van der Waals surface area contributed by atoms with Crippen LogP contribution in [0.3, 0.4) is 0 Å². The van der Waals surface area contributed by atoms with Gasteiger partial charge >= 0.3 is 0 Å². The third-order valence-corrected chi connectivity index (χ3v) is 5.24. The normalized spacial score (nSPS) is 14.3. The number of para-hydroxylation sites is 2. The molecule has 4 rings (SSSR count). The van der Waals surface area contributed by atoms with Crippen LogP contribution < -0.4 is 0 Å². The summed E-state index contributed by atoms with van der Waals surface area (Å²) in [5.41, 5.74) is 5.19. The molecule has 1 aliphatic rings. The van der Waals surface area contributed by atoms with E-state index in [0.717, 1.165) is 41.1 Å². The van der Waals surface area contributed by atoms with Crippen molar-refractivity contribution in [2.24, 2.45) is 0 Å². The minimum absolute atomic E-state index is 0.146. The molecule has 2 heterocycles. The number of amides is 1. The molecule has 0 N–H and O–H groups in total. The number of fused-ring (bicyclic) bond motifs is 1. The summed E-state index contributed by atoms with van der Waals surface area (Å²) in [6.07, 6.45) is 0. The van der Waals surface area contributed by atoms with Gasteiger partial charge in [0.1, 0.15) is 0 Å². The first-order valence-corrected chi connectivity index (χ1v) is 9.02. The zero-order valence-corrected chi connectivity index (χ0v) is 15.4. The molecule has 0 aliphatic carbocycles. The monoisotopic (exact) mass is 345 g/mol. The van der Waals surface area contributed by atoms with E-state index >= 15 is 0 Å². The van der Waals surface area contributed by atoms with Crippen LogP contribution in [0.15, 0.2) is 65.7 Å². The maximum Gasteiger partial charge on any atom is 0.249 e. The number of hydrogen-bond donors (Lipinski definition) is 0. The van der Waals surface area contributed by atoms with Gasteiger partial charge in [0.25, 0.3) is 0 Å². The van der Waals surface area contributed by atoms with Crippen LogP contribution in [0.2, 0.25) is 0 Å². The lowest BCUT2D eigenvalue weighted by atomic mass is 9.93. The molecule has 1 fully saturated rings. The van der Waals surface area contributed by atoms with E-state index in [1.165, 1.54) is 5.39 Å². The second-order valence-corrected chi connectivity index (χ2v) is 7.18. The predicted molar refractivity (Wildman–Crippen MR) is 104 cm³/mol. The van der Waals surface area contributed by atoms with E-state index in [1.54, 1.807) is 0 Å². The van der Waals surface area contributed by atoms with E-state index in [9.17, 15) is 4.79 Å². The van der Waals surface area contributed by atoms with Gasteiger partial charge in [0, 0.05) is 30.0 Å². The first-order chi connectivity index (χ1) is 12.6. The lowest BCUT2D eigenvalue weighted by Crippen LogP contribution is -2.49. The standard InChI is InChI=1S/C22H23N3O/c1-15(2)16(3)22(26)24-13-17(14-24)21-19-11-7-8-12-20(19)25(23-21)18-9-5-4-6-10-18/h4-12,17H,13-14H2,1-3H3. The van der Waals surface area contributed by atoms with Gasteiger partial charge in [-0.2, -0.15) is 5.10 Å². The number of carbonyl (C=O) groups is 1. The summed E-state index contributed by atoms with van der Waals surface area (Å²) in [5.74, 6) is 0.437. The number of nitrogens with zero attached hydrogens (tertiary/aromatic N) is 3. The average molecular weight is 345 g/mol. The van der Waals surface area contributed by atoms with Crippen molar-refractivity contribution < 1.29 is 4.79 Å². The molecule has 0 spiro atoms. The highest BCUT2D eigenvalue weighted by Gasteiger charge is 2.35. The van der Waals surface area contributed by atoms with Crippen molar-refractivity contribution in [3.63, 3.8) is 0 Å². The molecule has 1 aromatic heterocycles. The molecule has 3 aromatic rings. The van der Waals surface area contributed by atoms with Gasteiger partial charge in [0.05, 0.1) is 16.9 Å². The molecule has 1 aliphatic heterocycles. The lowest BCUT2D eigenvalue weighted by Gasteiger charge is -2.39. The quantitative estimate of drug-likeness (QED) is 0.664. The fourth-order valence-corrected chi connectivity index (χ4v) is 3.43. The first-order valence-electron chi connectivity index (χ1n) is 9.02. The van der Waals surface area contributed by atoms with Crippen LogP contribution in [0.5, 0.6) is 0 Å². The number of carbonyl (C=O) groups excluding carboxylic acids is 1. The molecule has 2 aromatic carbocycles. The lowest BCUT2D eigenvalue weighted by molar-refractivity contribution is -0.131. The second kappa shape index (κ2) is 6.45. The zero-order chi connectivity index (χ0) is 18.3. The van der Waals surface area contributed by atoms with Gasteiger partial charge in [0.2, 0.25) is 5.91 Å². The highest BCUT2D eigenvalue weighted by molar-refractivity contribution is 5.94. The maximum absolute atomic E-state index is 12.5. The van der Waals surface area contributed by atoms with Gasteiger partial charge in [0.15, 0.2) is 0 Å². The summed E-state index contributed by atoms with van der Waals surface area (Å²) in [4.78, 5) is 14.4. The molecule has 4 heteroatoms.